The van der Waals surface area contributed by atoms with Gasteiger partial charge in [0.05, 0.1) is 0 Å². The average Bonchev–Trinajstić information content (AvgIpc) is 2.45. The largest absolute Gasteiger partial charge is 0.489 e. The minimum atomic E-state index is -0.146. The lowest BCUT2D eigenvalue weighted by Crippen LogP contribution is -1.97. The fraction of sp³-hybridized carbons (Fsp3) is 0.176. The molecule has 108 valence electrons. The van der Waals surface area contributed by atoms with Gasteiger partial charge in [-0.2, -0.15) is 0 Å². The second kappa shape index (κ2) is 7.38. The van der Waals surface area contributed by atoms with E-state index in [9.17, 15) is 0 Å². The van der Waals surface area contributed by atoms with Crippen LogP contribution < -0.4 is 4.74 Å². The van der Waals surface area contributed by atoms with Crippen molar-refractivity contribution in [2.45, 2.75) is 13.5 Å². The standard InChI is InChI=1S/C17H14Cl2O2/c1-12-9-16(7-5-13(12)3-2-8-20)21-11-14-4-6-15(18)10-17(14)19/h4-7,9-10,20H,8,11H2,1H3. The Morgan fingerprint density at radius 2 is 1.95 bits per heavy atom. The number of hydrogen-bond acceptors (Lipinski definition) is 2. The molecule has 21 heavy (non-hydrogen) atoms. The maximum Gasteiger partial charge on any atom is 0.120 e. The van der Waals surface area contributed by atoms with Crippen LogP contribution in [0.3, 0.4) is 0 Å². The van der Waals surface area contributed by atoms with Crippen LogP contribution in [0, 0.1) is 18.8 Å². The predicted molar refractivity (Wildman–Crippen MR) is 85.9 cm³/mol. The monoisotopic (exact) mass is 320 g/mol. The molecule has 0 aromatic heterocycles. The molecule has 2 aromatic rings. The maximum atomic E-state index is 8.71. The second-order valence-corrected chi connectivity index (χ2v) is 5.30. The van der Waals surface area contributed by atoms with Crippen LogP contribution >= 0.6 is 23.2 Å². The molecule has 0 fully saturated rings. The number of aryl methyl sites for hydroxylation is 1. The first-order valence-corrected chi connectivity index (χ1v) is 7.13. The van der Waals surface area contributed by atoms with Crippen LogP contribution in [-0.2, 0) is 6.61 Å². The Balaban J connectivity index is 2.08. The summed E-state index contributed by atoms with van der Waals surface area (Å²) in [6, 6.07) is 10.9. The summed E-state index contributed by atoms with van der Waals surface area (Å²) in [6.45, 7) is 2.17. The lowest BCUT2D eigenvalue weighted by molar-refractivity contribution is 0.306. The molecule has 0 bridgehead atoms. The van der Waals surface area contributed by atoms with Crippen molar-refractivity contribution in [3.05, 3.63) is 63.1 Å². The van der Waals surface area contributed by atoms with Gasteiger partial charge in [0, 0.05) is 21.2 Å². The molecule has 0 atom stereocenters. The van der Waals surface area contributed by atoms with Gasteiger partial charge >= 0.3 is 0 Å². The highest BCUT2D eigenvalue weighted by Gasteiger charge is 2.04. The number of aliphatic hydroxyl groups excluding tert-OH is 1. The number of hydrogen-bond donors (Lipinski definition) is 1. The predicted octanol–water partition coefficient (Wildman–Crippen LogP) is 4.22. The Morgan fingerprint density at radius 1 is 1.14 bits per heavy atom. The molecule has 4 heteroatoms. The summed E-state index contributed by atoms with van der Waals surface area (Å²) in [4.78, 5) is 0. The molecule has 1 N–H and O–H groups in total. The lowest BCUT2D eigenvalue weighted by Gasteiger charge is -2.09. The van der Waals surface area contributed by atoms with Gasteiger partial charge in [0.25, 0.3) is 0 Å². The zero-order valence-corrected chi connectivity index (χ0v) is 13.0. The highest BCUT2D eigenvalue weighted by Crippen LogP contribution is 2.23. The van der Waals surface area contributed by atoms with Gasteiger partial charge in [-0.05, 0) is 42.8 Å². The molecule has 2 aromatic carbocycles. The van der Waals surface area contributed by atoms with E-state index in [1.807, 2.05) is 31.2 Å². The highest BCUT2D eigenvalue weighted by atomic mass is 35.5. The summed E-state index contributed by atoms with van der Waals surface area (Å²) in [5.74, 6) is 6.26. The van der Waals surface area contributed by atoms with E-state index in [2.05, 4.69) is 11.8 Å². The second-order valence-electron chi connectivity index (χ2n) is 4.46. The van der Waals surface area contributed by atoms with Gasteiger partial charge in [0.2, 0.25) is 0 Å². The van der Waals surface area contributed by atoms with Crippen molar-refractivity contribution in [3.63, 3.8) is 0 Å². The molecule has 0 spiro atoms. The molecule has 0 aliphatic carbocycles. The summed E-state index contributed by atoms with van der Waals surface area (Å²) < 4.78 is 5.73. The molecule has 0 amide bonds. The summed E-state index contributed by atoms with van der Waals surface area (Å²) in [6.07, 6.45) is 0. The first-order valence-electron chi connectivity index (χ1n) is 6.37. The minimum absolute atomic E-state index is 0.146. The van der Waals surface area contributed by atoms with E-state index in [-0.39, 0.29) is 6.61 Å². The van der Waals surface area contributed by atoms with Crippen LogP contribution in [0.25, 0.3) is 0 Å². The van der Waals surface area contributed by atoms with Crippen LogP contribution in [0.1, 0.15) is 16.7 Å². The SMILES string of the molecule is Cc1cc(OCc2ccc(Cl)cc2Cl)ccc1C#CCO. The lowest BCUT2D eigenvalue weighted by atomic mass is 10.1. The van der Waals surface area contributed by atoms with Crippen LogP contribution in [0.5, 0.6) is 5.75 Å². The van der Waals surface area contributed by atoms with Gasteiger partial charge < -0.3 is 9.84 Å². The zero-order valence-electron chi connectivity index (χ0n) is 11.5. The summed E-state index contributed by atoms with van der Waals surface area (Å²) in [7, 11) is 0. The quantitative estimate of drug-likeness (QED) is 0.858. The third-order valence-electron chi connectivity index (χ3n) is 2.91. The molecule has 2 rings (SSSR count). The van der Waals surface area contributed by atoms with Crippen molar-refractivity contribution in [2.24, 2.45) is 0 Å². The number of aliphatic hydroxyl groups is 1. The van der Waals surface area contributed by atoms with Crippen LogP contribution in [0.4, 0.5) is 0 Å². The van der Waals surface area contributed by atoms with Gasteiger partial charge in [-0.1, -0.05) is 41.1 Å². The highest BCUT2D eigenvalue weighted by molar-refractivity contribution is 6.35. The van der Waals surface area contributed by atoms with Gasteiger partial charge in [0.1, 0.15) is 19.0 Å². The molecular weight excluding hydrogens is 307 g/mol. The Morgan fingerprint density at radius 3 is 2.62 bits per heavy atom. The normalized spacial score (nSPS) is 9.90. The molecule has 0 unspecified atom stereocenters. The summed E-state index contributed by atoms with van der Waals surface area (Å²) in [5.41, 5.74) is 2.75. The topological polar surface area (TPSA) is 29.5 Å². The molecule has 2 nitrogen and oxygen atoms in total. The third-order valence-corrected chi connectivity index (χ3v) is 3.50. The molecule has 0 aliphatic heterocycles. The fourth-order valence-electron chi connectivity index (χ4n) is 1.80. The first-order chi connectivity index (χ1) is 10.1. The minimum Gasteiger partial charge on any atom is -0.489 e. The van der Waals surface area contributed by atoms with Crippen molar-refractivity contribution < 1.29 is 9.84 Å². The van der Waals surface area contributed by atoms with Crippen LogP contribution in [0.2, 0.25) is 10.0 Å². The molecule has 0 saturated heterocycles. The third kappa shape index (κ3) is 4.41. The van der Waals surface area contributed by atoms with Gasteiger partial charge in [0.15, 0.2) is 0 Å². The van der Waals surface area contributed by atoms with Crippen molar-refractivity contribution in [1.29, 1.82) is 0 Å². The molecule has 0 radical (unpaired) electrons. The van der Waals surface area contributed by atoms with Gasteiger partial charge in [-0.3, -0.25) is 0 Å². The summed E-state index contributed by atoms with van der Waals surface area (Å²) in [5, 5.41) is 9.90. The zero-order chi connectivity index (χ0) is 15.2. The molecule has 0 saturated carbocycles. The van der Waals surface area contributed by atoms with Crippen LogP contribution in [-0.4, -0.2) is 11.7 Å². The number of rotatable bonds is 3. The molecule has 0 aliphatic rings. The van der Waals surface area contributed by atoms with Gasteiger partial charge in [-0.25, -0.2) is 0 Å². The molecular formula is C17H14Cl2O2. The van der Waals surface area contributed by atoms with Crippen molar-refractivity contribution in [3.8, 4) is 17.6 Å². The van der Waals surface area contributed by atoms with E-state index in [1.165, 1.54) is 0 Å². The number of benzene rings is 2. The average molecular weight is 321 g/mol. The van der Waals surface area contributed by atoms with E-state index in [4.69, 9.17) is 33.0 Å². The number of halogens is 2. The van der Waals surface area contributed by atoms with E-state index in [0.29, 0.717) is 16.7 Å². The smallest absolute Gasteiger partial charge is 0.120 e. The molecule has 0 heterocycles. The first kappa shape index (κ1) is 15.7. The summed E-state index contributed by atoms with van der Waals surface area (Å²) >= 11 is 12.0. The maximum absolute atomic E-state index is 8.71. The Labute approximate surface area is 134 Å². The van der Waals surface area contributed by atoms with E-state index >= 15 is 0 Å². The van der Waals surface area contributed by atoms with Crippen molar-refractivity contribution >= 4 is 23.2 Å². The Kier molecular flexibility index (Phi) is 5.52. The van der Waals surface area contributed by atoms with E-state index in [0.717, 1.165) is 22.4 Å². The van der Waals surface area contributed by atoms with E-state index < -0.39 is 0 Å². The Hall–Kier alpha value is -1.66. The Bertz CT molecular complexity index is 700. The number of ether oxygens (including phenoxy) is 1. The fourth-order valence-corrected chi connectivity index (χ4v) is 2.26. The van der Waals surface area contributed by atoms with Gasteiger partial charge in [-0.15, -0.1) is 0 Å². The van der Waals surface area contributed by atoms with E-state index in [1.54, 1.807) is 12.1 Å². The van der Waals surface area contributed by atoms with Crippen molar-refractivity contribution in [1.82, 2.24) is 0 Å². The van der Waals surface area contributed by atoms with Crippen molar-refractivity contribution in [2.75, 3.05) is 6.61 Å². The van der Waals surface area contributed by atoms with Crippen LogP contribution in [0.15, 0.2) is 36.4 Å².